The van der Waals surface area contributed by atoms with E-state index in [1.165, 1.54) is 12.8 Å². The van der Waals surface area contributed by atoms with Gasteiger partial charge < -0.3 is 19.7 Å². The molecule has 0 spiro atoms. The summed E-state index contributed by atoms with van der Waals surface area (Å²) in [5, 5.41) is 20.7. The molecule has 2 rings (SSSR count). The van der Waals surface area contributed by atoms with Crippen molar-refractivity contribution in [2.75, 3.05) is 19.8 Å². The summed E-state index contributed by atoms with van der Waals surface area (Å²) in [6, 6.07) is 0. The maximum atomic E-state index is 9.71. The van der Waals surface area contributed by atoms with Crippen LogP contribution in [0.4, 0.5) is 0 Å². The first kappa shape index (κ1) is 13.5. The molecule has 1 aliphatic carbocycles. The minimum atomic E-state index is -0.457. The number of rotatable bonds is 9. The number of aromatic nitrogens is 3. The van der Waals surface area contributed by atoms with E-state index >= 15 is 0 Å². The number of ether oxygens (including phenoxy) is 1. The lowest BCUT2D eigenvalue weighted by Crippen LogP contribution is -2.31. The molecule has 1 fully saturated rings. The Hall–Kier alpha value is -0.980. The first-order valence-corrected chi connectivity index (χ1v) is 6.62. The van der Waals surface area contributed by atoms with Crippen LogP contribution < -0.4 is 5.32 Å². The van der Waals surface area contributed by atoms with Crippen LogP contribution in [0.15, 0.2) is 6.33 Å². The van der Waals surface area contributed by atoms with Crippen LogP contribution in [-0.4, -0.2) is 45.7 Å². The van der Waals surface area contributed by atoms with Crippen molar-refractivity contribution in [3.63, 3.8) is 0 Å². The van der Waals surface area contributed by atoms with Gasteiger partial charge in [-0.05, 0) is 25.7 Å². The van der Waals surface area contributed by atoms with E-state index in [-0.39, 0.29) is 0 Å². The van der Waals surface area contributed by atoms with Gasteiger partial charge in [0.05, 0.1) is 19.3 Å². The number of nitrogens with one attached hydrogen (secondary N) is 1. The summed E-state index contributed by atoms with van der Waals surface area (Å²) in [5.41, 5.74) is 0. The Morgan fingerprint density at radius 1 is 1.61 bits per heavy atom. The molecule has 0 bridgehead atoms. The minimum Gasteiger partial charge on any atom is -0.389 e. The molecule has 0 saturated heterocycles. The van der Waals surface area contributed by atoms with Crippen LogP contribution in [0, 0.1) is 5.92 Å². The maximum absolute atomic E-state index is 9.71. The molecule has 6 nitrogen and oxygen atoms in total. The van der Waals surface area contributed by atoms with Crippen LogP contribution in [-0.2, 0) is 17.8 Å². The molecule has 0 aliphatic heterocycles. The topological polar surface area (TPSA) is 72.2 Å². The lowest BCUT2D eigenvalue weighted by Gasteiger charge is -2.12. The van der Waals surface area contributed by atoms with E-state index in [1.54, 1.807) is 6.33 Å². The van der Waals surface area contributed by atoms with Crippen molar-refractivity contribution in [3.05, 3.63) is 12.2 Å². The van der Waals surface area contributed by atoms with Crippen LogP contribution in [0.1, 0.15) is 25.6 Å². The smallest absolute Gasteiger partial charge is 0.146 e. The molecular weight excluding hydrogens is 232 g/mol. The van der Waals surface area contributed by atoms with Gasteiger partial charge >= 0.3 is 0 Å². The predicted molar refractivity (Wildman–Crippen MR) is 67.0 cm³/mol. The van der Waals surface area contributed by atoms with Crippen LogP contribution >= 0.6 is 0 Å². The van der Waals surface area contributed by atoms with E-state index in [4.69, 9.17) is 4.74 Å². The number of aliphatic hydroxyl groups excluding tert-OH is 1. The highest BCUT2D eigenvalue weighted by Gasteiger charge is 2.21. The van der Waals surface area contributed by atoms with Gasteiger partial charge in [0.15, 0.2) is 0 Å². The molecule has 1 aromatic heterocycles. The van der Waals surface area contributed by atoms with Gasteiger partial charge in [-0.25, -0.2) is 0 Å². The summed E-state index contributed by atoms with van der Waals surface area (Å²) in [5.74, 6) is 1.64. The van der Waals surface area contributed by atoms with E-state index < -0.39 is 6.10 Å². The fourth-order valence-electron chi connectivity index (χ4n) is 1.74. The molecule has 2 N–H and O–H groups in total. The highest BCUT2D eigenvalue weighted by molar-refractivity contribution is 4.84. The molecular formula is C12H22N4O2. The van der Waals surface area contributed by atoms with E-state index in [2.05, 4.69) is 15.5 Å². The summed E-state index contributed by atoms with van der Waals surface area (Å²) in [4.78, 5) is 0. The average Bonchev–Trinajstić information content (AvgIpc) is 3.07. The lowest BCUT2D eigenvalue weighted by molar-refractivity contribution is 0.0323. The van der Waals surface area contributed by atoms with Gasteiger partial charge in [0.2, 0.25) is 0 Å². The Morgan fingerprint density at radius 3 is 3.17 bits per heavy atom. The highest BCUT2D eigenvalue weighted by atomic mass is 16.5. The maximum Gasteiger partial charge on any atom is 0.146 e. The number of hydrogen-bond donors (Lipinski definition) is 2. The molecule has 102 valence electrons. The molecule has 1 atom stereocenters. The first-order valence-electron chi connectivity index (χ1n) is 6.62. The molecule has 1 saturated carbocycles. The molecule has 1 aromatic rings. The van der Waals surface area contributed by atoms with Crippen molar-refractivity contribution in [2.45, 2.75) is 39.0 Å². The number of hydrogen-bond acceptors (Lipinski definition) is 5. The summed E-state index contributed by atoms with van der Waals surface area (Å²) in [6.45, 7) is 5.24. The van der Waals surface area contributed by atoms with Gasteiger partial charge in [-0.15, -0.1) is 10.2 Å². The Balaban J connectivity index is 1.56. The second-order valence-corrected chi connectivity index (χ2v) is 4.80. The standard InChI is InChI=1S/C12H22N4O2/c1-2-16-9-14-15-12(16)6-13-5-11(17)8-18-7-10-3-4-10/h9-11,13,17H,2-8H2,1H3. The lowest BCUT2D eigenvalue weighted by atomic mass is 10.3. The van der Waals surface area contributed by atoms with Crippen molar-refractivity contribution in [1.82, 2.24) is 20.1 Å². The van der Waals surface area contributed by atoms with Crippen LogP contribution in [0.3, 0.4) is 0 Å². The Bertz CT molecular complexity index is 352. The summed E-state index contributed by atoms with van der Waals surface area (Å²) < 4.78 is 7.40. The molecule has 18 heavy (non-hydrogen) atoms. The quantitative estimate of drug-likeness (QED) is 0.657. The van der Waals surface area contributed by atoms with Crippen LogP contribution in [0.5, 0.6) is 0 Å². The van der Waals surface area contributed by atoms with Crippen molar-refractivity contribution < 1.29 is 9.84 Å². The van der Waals surface area contributed by atoms with E-state index in [9.17, 15) is 5.11 Å². The molecule has 1 aliphatic rings. The zero-order valence-corrected chi connectivity index (χ0v) is 10.9. The van der Waals surface area contributed by atoms with Crippen molar-refractivity contribution in [2.24, 2.45) is 5.92 Å². The molecule has 0 amide bonds. The molecule has 1 unspecified atom stereocenters. The van der Waals surface area contributed by atoms with E-state index in [0.29, 0.717) is 19.7 Å². The van der Waals surface area contributed by atoms with E-state index in [1.807, 2.05) is 11.5 Å². The van der Waals surface area contributed by atoms with Gasteiger partial charge in [0, 0.05) is 19.7 Å². The fourth-order valence-corrected chi connectivity index (χ4v) is 1.74. The molecule has 0 aromatic carbocycles. The largest absolute Gasteiger partial charge is 0.389 e. The van der Waals surface area contributed by atoms with Crippen LogP contribution in [0.25, 0.3) is 0 Å². The zero-order chi connectivity index (χ0) is 12.8. The van der Waals surface area contributed by atoms with Gasteiger partial charge in [-0.2, -0.15) is 0 Å². The predicted octanol–water partition coefficient (Wildman–Crippen LogP) is 0.175. The zero-order valence-electron chi connectivity index (χ0n) is 10.9. The SMILES string of the molecule is CCn1cnnc1CNCC(O)COCC1CC1. The summed E-state index contributed by atoms with van der Waals surface area (Å²) in [6.07, 6.45) is 3.82. The number of nitrogens with zero attached hydrogens (tertiary/aromatic N) is 3. The highest BCUT2D eigenvalue weighted by Crippen LogP contribution is 2.28. The summed E-state index contributed by atoms with van der Waals surface area (Å²) in [7, 11) is 0. The Labute approximate surface area is 107 Å². The second kappa shape index (κ2) is 6.82. The Morgan fingerprint density at radius 2 is 2.44 bits per heavy atom. The Kier molecular flexibility index (Phi) is 5.10. The monoisotopic (exact) mass is 254 g/mol. The summed E-state index contributed by atoms with van der Waals surface area (Å²) >= 11 is 0. The third kappa shape index (κ3) is 4.36. The second-order valence-electron chi connectivity index (χ2n) is 4.80. The number of aryl methyl sites for hydroxylation is 1. The first-order chi connectivity index (χ1) is 8.79. The van der Waals surface area contributed by atoms with Gasteiger partial charge in [-0.3, -0.25) is 0 Å². The van der Waals surface area contributed by atoms with E-state index in [0.717, 1.165) is 24.9 Å². The third-order valence-electron chi connectivity index (χ3n) is 3.06. The van der Waals surface area contributed by atoms with Crippen molar-refractivity contribution in [3.8, 4) is 0 Å². The molecule has 1 heterocycles. The van der Waals surface area contributed by atoms with Gasteiger partial charge in [-0.1, -0.05) is 0 Å². The molecule has 0 radical (unpaired) electrons. The van der Waals surface area contributed by atoms with Crippen LogP contribution in [0.2, 0.25) is 0 Å². The normalized spacial score (nSPS) is 17.0. The molecule has 6 heteroatoms. The third-order valence-corrected chi connectivity index (χ3v) is 3.06. The van der Waals surface area contributed by atoms with Crippen molar-refractivity contribution >= 4 is 0 Å². The number of aliphatic hydroxyl groups is 1. The fraction of sp³-hybridized carbons (Fsp3) is 0.833. The minimum absolute atomic E-state index is 0.407. The van der Waals surface area contributed by atoms with Crippen molar-refractivity contribution in [1.29, 1.82) is 0 Å². The van der Waals surface area contributed by atoms with Gasteiger partial charge in [0.25, 0.3) is 0 Å². The van der Waals surface area contributed by atoms with Gasteiger partial charge in [0.1, 0.15) is 12.2 Å². The average molecular weight is 254 g/mol.